The summed E-state index contributed by atoms with van der Waals surface area (Å²) in [5.74, 6) is -0.250. The van der Waals surface area contributed by atoms with E-state index in [0.29, 0.717) is 37.5 Å². The third-order valence-corrected chi connectivity index (χ3v) is 5.22. The zero-order chi connectivity index (χ0) is 22.5. The summed E-state index contributed by atoms with van der Waals surface area (Å²) in [6.45, 7) is 1.78. The average Bonchev–Trinajstić information content (AvgIpc) is 3.38. The highest BCUT2D eigenvalue weighted by Crippen LogP contribution is 2.21. The first kappa shape index (κ1) is 21.0. The zero-order valence-electron chi connectivity index (χ0n) is 17.0. The van der Waals surface area contributed by atoms with Crippen LogP contribution in [0.3, 0.4) is 0 Å². The lowest BCUT2D eigenvalue weighted by atomic mass is 10.1. The number of anilines is 1. The number of amides is 1. The molecular weight excluding hydrogens is 416 g/mol. The summed E-state index contributed by atoms with van der Waals surface area (Å²) in [4.78, 5) is 42.6. The number of non-ortho nitro benzene ring substituents is 1. The van der Waals surface area contributed by atoms with Gasteiger partial charge in [-0.1, -0.05) is 12.1 Å². The van der Waals surface area contributed by atoms with Crippen molar-refractivity contribution in [1.82, 2.24) is 9.88 Å². The summed E-state index contributed by atoms with van der Waals surface area (Å²) >= 11 is 0. The van der Waals surface area contributed by atoms with Crippen molar-refractivity contribution in [3.63, 3.8) is 0 Å². The second-order valence-electron chi connectivity index (χ2n) is 7.16. The van der Waals surface area contributed by atoms with Crippen LogP contribution in [0.1, 0.15) is 10.4 Å². The Balaban J connectivity index is 1.25. The van der Waals surface area contributed by atoms with Crippen LogP contribution < -0.4 is 4.90 Å². The molecule has 0 aliphatic carbocycles. The molecule has 0 atom stereocenters. The first-order valence-electron chi connectivity index (χ1n) is 9.94. The van der Waals surface area contributed by atoms with Crippen LogP contribution in [0.5, 0.6) is 0 Å². The van der Waals surface area contributed by atoms with E-state index in [1.54, 1.807) is 47.5 Å². The number of carbonyl (C=O) groups is 2. The molecule has 1 amide bonds. The molecule has 0 radical (unpaired) electrons. The quantitative estimate of drug-likeness (QED) is 0.329. The lowest BCUT2D eigenvalue weighted by molar-refractivity contribution is -0.384. The standard InChI is InChI=1S/C22H20N4O6/c27-21(14-31-22(28)17-3-1-16(2-4-17)20-13-23-15-32-20)25-11-9-24(10-12-25)18-5-7-19(8-6-18)26(29)30/h1-8,13,15H,9-12,14H2. The molecule has 0 bridgehead atoms. The van der Waals surface area contributed by atoms with Gasteiger partial charge < -0.3 is 19.0 Å². The van der Waals surface area contributed by atoms with E-state index in [1.165, 1.54) is 18.5 Å². The molecule has 0 spiro atoms. The number of ether oxygens (including phenoxy) is 1. The van der Waals surface area contributed by atoms with E-state index in [-0.39, 0.29) is 18.2 Å². The number of benzene rings is 2. The van der Waals surface area contributed by atoms with Crippen molar-refractivity contribution in [2.24, 2.45) is 0 Å². The van der Waals surface area contributed by atoms with E-state index < -0.39 is 10.9 Å². The van der Waals surface area contributed by atoms with Gasteiger partial charge in [-0.3, -0.25) is 14.9 Å². The van der Waals surface area contributed by atoms with Gasteiger partial charge in [0.25, 0.3) is 11.6 Å². The van der Waals surface area contributed by atoms with Crippen LogP contribution in [-0.2, 0) is 9.53 Å². The summed E-state index contributed by atoms with van der Waals surface area (Å²) in [5.41, 5.74) is 2.02. The molecule has 1 fully saturated rings. The predicted octanol–water partition coefficient (Wildman–Crippen LogP) is 2.76. The van der Waals surface area contributed by atoms with Crippen molar-refractivity contribution >= 4 is 23.3 Å². The summed E-state index contributed by atoms with van der Waals surface area (Å²) in [7, 11) is 0. The fourth-order valence-electron chi connectivity index (χ4n) is 3.43. The lowest BCUT2D eigenvalue weighted by Gasteiger charge is -2.36. The van der Waals surface area contributed by atoms with Gasteiger partial charge in [0.2, 0.25) is 0 Å². The van der Waals surface area contributed by atoms with Crippen molar-refractivity contribution in [2.45, 2.75) is 0 Å². The van der Waals surface area contributed by atoms with Gasteiger partial charge in [-0.2, -0.15) is 0 Å². The number of nitro benzene ring substituents is 1. The number of rotatable bonds is 6. The molecule has 32 heavy (non-hydrogen) atoms. The van der Waals surface area contributed by atoms with Crippen LogP contribution in [0, 0.1) is 10.1 Å². The van der Waals surface area contributed by atoms with Crippen LogP contribution in [0.4, 0.5) is 11.4 Å². The average molecular weight is 436 g/mol. The van der Waals surface area contributed by atoms with E-state index >= 15 is 0 Å². The molecule has 164 valence electrons. The Morgan fingerprint density at radius 3 is 2.31 bits per heavy atom. The molecule has 1 aliphatic heterocycles. The molecule has 1 saturated heterocycles. The SMILES string of the molecule is O=C(OCC(=O)N1CCN(c2ccc([N+](=O)[O-])cc2)CC1)c1ccc(-c2cnco2)cc1. The number of oxazole rings is 1. The number of nitro groups is 1. The Kier molecular flexibility index (Phi) is 6.11. The van der Waals surface area contributed by atoms with Crippen molar-refractivity contribution in [2.75, 3.05) is 37.7 Å². The molecule has 1 aromatic heterocycles. The topological polar surface area (TPSA) is 119 Å². The maximum absolute atomic E-state index is 12.4. The first-order chi connectivity index (χ1) is 15.5. The minimum atomic E-state index is -0.577. The van der Waals surface area contributed by atoms with Gasteiger partial charge in [-0.25, -0.2) is 9.78 Å². The normalized spacial score (nSPS) is 13.6. The number of aromatic nitrogens is 1. The Morgan fingerprint density at radius 2 is 1.72 bits per heavy atom. The minimum absolute atomic E-state index is 0.0389. The van der Waals surface area contributed by atoms with Crippen molar-refractivity contribution < 1.29 is 23.7 Å². The maximum Gasteiger partial charge on any atom is 0.338 e. The smallest absolute Gasteiger partial charge is 0.338 e. The molecule has 2 heterocycles. The van der Waals surface area contributed by atoms with Crippen molar-refractivity contribution in [3.05, 3.63) is 76.8 Å². The van der Waals surface area contributed by atoms with E-state index in [9.17, 15) is 19.7 Å². The Morgan fingerprint density at radius 1 is 1.03 bits per heavy atom. The Labute approximate surface area is 183 Å². The van der Waals surface area contributed by atoms with E-state index in [0.717, 1.165) is 11.3 Å². The van der Waals surface area contributed by atoms with Crippen LogP contribution in [0.15, 0.2) is 65.5 Å². The number of hydrogen-bond donors (Lipinski definition) is 0. The van der Waals surface area contributed by atoms with E-state index in [2.05, 4.69) is 9.88 Å². The van der Waals surface area contributed by atoms with Gasteiger partial charge in [0.15, 0.2) is 18.8 Å². The highest BCUT2D eigenvalue weighted by atomic mass is 16.6. The molecule has 3 aromatic rings. The number of esters is 1. The van der Waals surface area contributed by atoms with Crippen LogP contribution >= 0.6 is 0 Å². The van der Waals surface area contributed by atoms with Crippen molar-refractivity contribution in [1.29, 1.82) is 0 Å². The summed E-state index contributed by atoms with van der Waals surface area (Å²) < 4.78 is 10.4. The third kappa shape index (κ3) is 4.75. The lowest BCUT2D eigenvalue weighted by Crippen LogP contribution is -2.49. The first-order valence-corrected chi connectivity index (χ1v) is 9.94. The largest absolute Gasteiger partial charge is 0.452 e. The highest BCUT2D eigenvalue weighted by molar-refractivity contribution is 5.91. The van der Waals surface area contributed by atoms with Crippen molar-refractivity contribution in [3.8, 4) is 11.3 Å². The molecule has 10 heteroatoms. The summed E-state index contributed by atoms with van der Waals surface area (Å²) in [6, 6.07) is 13.0. The van der Waals surface area contributed by atoms with Gasteiger partial charge >= 0.3 is 5.97 Å². The van der Waals surface area contributed by atoms with Crippen LogP contribution in [0.25, 0.3) is 11.3 Å². The summed E-state index contributed by atoms with van der Waals surface area (Å²) in [6.07, 6.45) is 2.90. The second kappa shape index (κ2) is 9.29. The molecule has 10 nitrogen and oxygen atoms in total. The molecule has 4 rings (SSSR count). The number of nitrogens with zero attached hydrogens (tertiary/aromatic N) is 4. The number of carbonyl (C=O) groups excluding carboxylic acids is 2. The molecule has 1 aliphatic rings. The number of hydrogen-bond acceptors (Lipinski definition) is 8. The van der Waals surface area contributed by atoms with Crippen LogP contribution in [-0.4, -0.2) is 59.5 Å². The summed E-state index contributed by atoms with van der Waals surface area (Å²) in [5, 5.41) is 10.8. The molecular formula is C22H20N4O6. The van der Waals surface area contributed by atoms with E-state index in [1.807, 2.05) is 0 Å². The van der Waals surface area contributed by atoms with Gasteiger partial charge in [0.1, 0.15) is 0 Å². The van der Waals surface area contributed by atoms with Gasteiger partial charge in [0, 0.05) is 49.6 Å². The fraction of sp³-hybridized carbons (Fsp3) is 0.227. The maximum atomic E-state index is 12.4. The third-order valence-electron chi connectivity index (χ3n) is 5.22. The molecule has 2 aromatic carbocycles. The minimum Gasteiger partial charge on any atom is -0.452 e. The highest BCUT2D eigenvalue weighted by Gasteiger charge is 2.23. The van der Waals surface area contributed by atoms with Gasteiger partial charge in [-0.15, -0.1) is 0 Å². The van der Waals surface area contributed by atoms with E-state index in [4.69, 9.17) is 9.15 Å². The predicted molar refractivity (Wildman–Crippen MR) is 114 cm³/mol. The van der Waals surface area contributed by atoms with Gasteiger partial charge in [-0.05, 0) is 24.3 Å². The molecule has 0 unspecified atom stereocenters. The monoisotopic (exact) mass is 436 g/mol. The zero-order valence-corrected chi connectivity index (χ0v) is 17.0. The second-order valence-corrected chi connectivity index (χ2v) is 7.16. The fourth-order valence-corrected chi connectivity index (χ4v) is 3.43. The molecule has 0 N–H and O–H groups in total. The number of piperazine rings is 1. The van der Waals surface area contributed by atoms with Crippen LogP contribution in [0.2, 0.25) is 0 Å². The van der Waals surface area contributed by atoms with Gasteiger partial charge in [0.05, 0.1) is 16.7 Å². The Bertz CT molecular complexity index is 1090. The Hall–Kier alpha value is -4.21. The molecule has 0 saturated carbocycles.